The van der Waals surface area contributed by atoms with E-state index in [2.05, 4.69) is 9.97 Å². The first-order chi connectivity index (χ1) is 8.60. The van der Waals surface area contributed by atoms with Gasteiger partial charge in [-0.2, -0.15) is 5.26 Å². The number of aromatic nitrogens is 2. The lowest BCUT2D eigenvalue weighted by Crippen LogP contribution is -2.13. The summed E-state index contributed by atoms with van der Waals surface area (Å²) in [4.78, 5) is 10.3. The fourth-order valence-electron chi connectivity index (χ4n) is 1.46. The summed E-state index contributed by atoms with van der Waals surface area (Å²) in [5.74, 6) is 0.513. The molecule has 0 radical (unpaired) electrons. The van der Waals surface area contributed by atoms with Crippen molar-refractivity contribution >= 4 is 17.5 Å². The standard InChI is InChI=1S/C13H11ClN4/c1-18(2)13-16-11(8-15)7-12(17-13)9-3-5-10(14)6-4-9/h3-7H,1-2H3. The van der Waals surface area contributed by atoms with Gasteiger partial charge >= 0.3 is 0 Å². The molecule has 2 aromatic rings. The van der Waals surface area contributed by atoms with Crippen molar-refractivity contribution in [3.05, 3.63) is 41.0 Å². The molecule has 18 heavy (non-hydrogen) atoms. The van der Waals surface area contributed by atoms with Crippen molar-refractivity contribution < 1.29 is 0 Å². The van der Waals surface area contributed by atoms with Crippen LogP contribution in [0.25, 0.3) is 11.3 Å². The van der Waals surface area contributed by atoms with E-state index >= 15 is 0 Å². The molecular formula is C13H11ClN4. The van der Waals surface area contributed by atoms with Crippen molar-refractivity contribution in [2.45, 2.75) is 0 Å². The van der Waals surface area contributed by atoms with Crippen LogP contribution in [-0.2, 0) is 0 Å². The van der Waals surface area contributed by atoms with Gasteiger partial charge in [0, 0.05) is 30.7 Å². The van der Waals surface area contributed by atoms with Gasteiger partial charge in [-0.05, 0) is 12.1 Å². The molecule has 2 rings (SSSR count). The Morgan fingerprint density at radius 3 is 2.39 bits per heavy atom. The highest BCUT2D eigenvalue weighted by molar-refractivity contribution is 6.30. The lowest BCUT2D eigenvalue weighted by atomic mass is 10.1. The molecule has 0 aliphatic heterocycles. The van der Waals surface area contributed by atoms with E-state index in [1.54, 1.807) is 23.1 Å². The van der Waals surface area contributed by atoms with Crippen molar-refractivity contribution in [1.29, 1.82) is 5.26 Å². The minimum Gasteiger partial charge on any atom is -0.347 e. The van der Waals surface area contributed by atoms with E-state index in [9.17, 15) is 0 Å². The molecule has 4 nitrogen and oxygen atoms in total. The maximum absolute atomic E-state index is 8.98. The molecule has 0 saturated heterocycles. The van der Waals surface area contributed by atoms with E-state index in [0.29, 0.717) is 22.4 Å². The van der Waals surface area contributed by atoms with E-state index in [4.69, 9.17) is 16.9 Å². The Bertz CT molecular complexity index is 599. The third-order valence-electron chi connectivity index (χ3n) is 2.37. The summed E-state index contributed by atoms with van der Waals surface area (Å²) in [6.07, 6.45) is 0. The maximum Gasteiger partial charge on any atom is 0.226 e. The normalized spacial score (nSPS) is 9.89. The van der Waals surface area contributed by atoms with Gasteiger partial charge in [-0.3, -0.25) is 0 Å². The molecule has 0 amide bonds. The molecule has 0 spiro atoms. The monoisotopic (exact) mass is 258 g/mol. The van der Waals surface area contributed by atoms with E-state index in [-0.39, 0.29) is 0 Å². The first-order valence-corrected chi connectivity index (χ1v) is 5.70. The van der Waals surface area contributed by atoms with Crippen LogP contribution >= 0.6 is 11.6 Å². The predicted octanol–water partition coefficient (Wildman–Crippen LogP) is 2.73. The van der Waals surface area contributed by atoms with Crippen LogP contribution in [0.1, 0.15) is 5.69 Å². The Labute approximate surface area is 110 Å². The summed E-state index contributed by atoms with van der Waals surface area (Å²) in [7, 11) is 3.67. The second kappa shape index (κ2) is 5.03. The Morgan fingerprint density at radius 1 is 1.17 bits per heavy atom. The average Bonchev–Trinajstić information content (AvgIpc) is 2.39. The van der Waals surface area contributed by atoms with Crippen molar-refractivity contribution in [2.75, 3.05) is 19.0 Å². The van der Waals surface area contributed by atoms with Gasteiger partial charge in [-0.25, -0.2) is 9.97 Å². The Kier molecular flexibility index (Phi) is 3.45. The molecule has 0 aliphatic carbocycles. The van der Waals surface area contributed by atoms with Gasteiger partial charge in [0.05, 0.1) is 5.69 Å². The summed E-state index contributed by atoms with van der Waals surface area (Å²) in [6, 6.07) is 11.0. The van der Waals surface area contributed by atoms with E-state index in [1.165, 1.54) is 0 Å². The molecule has 1 heterocycles. The van der Waals surface area contributed by atoms with Crippen LogP contribution in [0.2, 0.25) is 5.02 Å². The first-order valence-electron chi connectivity index (χ1n) is 5.32. The molecule has 5 heteroatoms. The lowest BCUT2D eigenvalue weighted by molar-refractivity contribution is 0.993. The highest BCUT2D eigenvalue weighted by Crippen LogP contribution is 2.21. The zero-order valence-electron chi connectivity index (χ0n) is 10.1. The van der Waals surface area contributed by atoms with Crippen LogP contribution in [0, 0.1) is 11.3 Å². The van der Waals surface area contributed by atoms with Crippen LogP contribution in [0.15, 0.2) is 30.3 Å². The van der Waals surface area contributed by atoms with Gasteiger partial charge in [0.15, 0.2) is 0 Å². The van der Waals surface area contributed by atoms with Crippen molar-refractivity contribution in [1.82, 2.24) is 9.97 Å². The van der Waals surface area contributed by atoms with Crippen molar-refractivity contribution in [3.8, 4) is 17.3 Å². The number of nitriles is 1. The van der Waals surface area contributed by atoms with Crippen molar-refractivity contribution in [3.63, 3.8) is 0 Å². The number of halogens is 1. The molecule has 1 aromatic carbocycles. The van der Waals surface area contributed by atoms with E-state index < -0.39 is 0 Å². The predicted molar refractivity (Wildman–Crippen MR) is 71.5 cm³/mol. The minimum atomic E-state index is 0.346. The molecule has 1 aromatic heterocycles. The molecule has 0 fully saturated rings. The Hall–Kier alpha value is -2.12. The third-order valence-corrected chi connectivity index (χ3v) is 2.62. The van der Waals surface area contributed by atoms with Crippen LogP contribution in [-0.4, -0.2) is 24.1 Å². The second-order valence-electron chi connectivity index (χ2n) is 3.95. The number of nitrogens with zero attached hydrogens (tertiary/aromatic N) is 4. The van der Waals surface area contributed by atoms with Gasteiger partial charge in [-0.15, -0.1) is 0 Å². The Morgan fingerprint density at radius 2 is 1.83 bits per heavy atom. The summed E-state index contributed by atoms with van der Waals surface area (Å²) in [5, 5.41) is 9.65. The fourth-order valence-corrected chi connectivity index (χ4v) is 1.59. The highest BCUT2D eigenvalue weighted by atomic mass is 35.5. The van der Waals surface area contributed by atoms with Gasteiger partial charge in [0.25, 0.3) is 0 Å². The minimum absolute atomic E-state index is 0.346. The van der Waals surface area contributed by atoms with Gasteiger partial charge in [0.2, 0.25) is 5.95 Å². The quantitative estimate of drug-likeness (QED) is 0.831. The van der Waals surface area contributed by atoms with Gasteiger partial charge < -0.3 is 4.90 Å². The molecule has 0 saturated carbocycles. The number of anilines is 1. The van der Waals surface area contributed by atoms with Crippen LogP contribution in [0.4, 0.5) is 5.95 Å². The molecule has 0 bridgehead atoms. The van der Waals surface area contributed by atoms with E-state index in [0.717, 1.165) is 5.56 Å². The Balaban J connectivity index is 2.53. The first kappa shape index (κ1) is 12.3. The SMILES string of the molecule is CN(C)c1nc(C#N)cc(-c2ccc(Cl)cc2)n1. The molecule has 0 N–H and O–H groups in total. The molecular weight excluding hydrogens is 248 g/mol. The highest BCUT2D eigenvalue weighted by Gasteiger charge is 2.07. The van der Waals surface area contributed by atoms with E-state index in [1.807, 2.05) is 32.3 Å². The molecule has 0 aliphatic rings. The molecule has 0 atom stereocenters. The molecule has 0 unspecified atom stereocenters. The summed E-state index contributed by atoms with van der Waals surface area (Å²) < 4.78 is 0. The number of benzene rings is 1. The lowest BCUT2D eigenvalue weighted by Gasteiger charge is -2.11. The number of hydrogen-bond acceptors (Lipinski definition) is 4. The second-order valence-corrected chi connectivity index (χ2v) is 4.39. The average molecular weight is 259 g/mol. The maximum atomic E-state index is 8.98. The van der Waals surface area contributed by atoms with Crippen LogP contribution in [0.5, 0.6) is 0 Å². The summed E-state index contributed by atoms with van der Waals surface area (Å²) >= 11 is 5.85. The fraction of sp³-hybridized carbons (Fsp3) is 0.154. The van der Waals surface area contributed by atoms with Crippen molar-refractivity contribution in [2.24, 2.45) is 0 Å². The number of hydrogen-bond donors (Lipinski definition) is 0. The number of rotatable bonds is 2. The van der Waals surface area contributed by atoms with Crippen LogP contribution in [0.3, 0.4) is 0 Å². The zero-order valence-corrected chi connectivity index (χ0v) is 10.8. The smallest absolute Gasteiger partial charge is 0.226 e. The third kappa shape index (κ3) is 2.58. The van der Waals surface area contributed by atoms with Gasteiger partial charge in [0.1, 0.15) is 11.8 Å². The molecule has 90 valence electrons. The van der Waals surface area contributed by atoms with Crippen LogP contribution < -0.4 is 4.90 Å². The zero-order chi connectivity index (χ0) is 13.1. The van der Waals surface area contributed by atoms with Gasteiger partial charge in [-0.1, -0.05) is 23.7 Å². The summed E-state index contributed by atoms with van der Waals surface area (Å²) in [6.45, 7) is 0. The largest absolute Gasteiger partial charge is 0.347 e. The summed E-state index contributed by atoms with van der Waals surface area (Å²) in [5.41, 5.74) is 1.96. The topological polar surface area (TPSA) is 52.8 Å².